The lowest BCUT2D eigenvalue weighted by Crippen LogP contribution is -2.48. The van der Waals surface area contributed by atoms with Crippen molar-refractivity contribution in [3.8, 4) is 5.75 Å². The lowest BCUT2D eigenvalue weighted by molar-refractivity contribution is -0.131. The fourth-order valence-electron chi connectivity index (χ4n) is 3.42. The highest BCUT2D eigenvalue weighted by atomic mass is 16.5. The van der Waals surface area contributed by atoms with Gasteiger partial charge in [-0.2, -0.15) is 0 Å². The van der Waals surface area contributed by atoms with E-state index in [2.05, 4.69) is 9.88 Å². The lowest BCUT2D eigenvalue weighted by atomic mass is 10.0. The van der Waals surface area contributed by atoms with Crippen LogP contribution in [-0.2, 0) is 4.79 Å². The van der Waals surface area contributed by atoms with Crippen LogP contribution in [0.3, 0.4) is 0 Å². The van der Waals surface area contributed by atoms with Crippen LogP contribution in [-0.4, -0.2) is 54.4 Å². The standard InChI is InChI=1S/C22H27N3O3/c1-3-28-21-8-6-18(15-17(21)2)20(26)7-9-22(27)25-13-11-24(12-14-25)19-5-4-10-23-16-19/h4-6,8,10,15-16H,3,7,9,11-14H2,1-2H3. The molecule has 6 heteroatoms. The van der Waals surface area contributed by atoms with Gasteiger partial charge in [-0.25, -0.2) is 0 Å². The molecule has 0 bridgehead atoms. The van der Waals surface area contributed by atoms with Gasteiger partial charge in [0, 0.05) is 50.8 Å². The van der Waals surface area contributed by atoms with Gasteiger partial charge in [-0.1, -0.05) is 0 Å². The second kappa shape index (κ2) is 9.35. The van der Waals surface area contributed by atoms with Crippen molar-refractivity contribution in [2.24, 2.45) is 0 Å². The fraction of sp³-hybridized carbons (Fsp3) is 0.409. The summed E-state index contributed by atoms with van der Waals surface area (Å²) in [5.41, 5.74) is 2.65. The third-order valence-corrected chi connectivity index (χ3v) is 5.01. The highest BCUT2D eigenvalue weighted by molar-refractivity contribution is 5.98. The number of carbonyl (C=O) groups excluding carboxylic acids is 2. The monoisotopic (exact) mass is 381 g/mol. The fourth-order valence-corrected chi connectivity index (χ4v) is 3.42. The molecule has 1 aromatic heterocycles. The number of Topliss-reactive ketones (excluding diaryl/α,β-unsaturated/α-hetero) is 1. The normalized spacial score (nSPS) is 14.1. The average Bonchev–Trinajstić information content (AvgIpc) is 2.74. The molecule has 1 fully saturated rings. The quantitative estimate of drug-likeness (QED) is 0.690. The highest BCUT2D eigenvalue weighted by Gasteiger charge is 2.22. The Kier molecular flexibility index (Phi) is 6.63. The number of ketones is 1. The van der Waals surface area contributed by atoms with Crippen molar-refractivity contribution in [2.45, 2.75) is 26.7 Å². The van der Waals surface area contributed by atoms with Crippen molar-refractivity contribution in [3.05, 3.63) is 53.9 Å². The van der Waals surface area contributed by atoms with Crippen LogP contribution in [0.4, 0.5) is 5.69 Å². The number of aryl methyl sites for hydroxylation is 1. The van der Waals surface area contributed by atoms with Gasteiger partial charge in [-0.15, -0.1) is 0 Å². The van der Waals surface area contributed by atoms with Crippen LogP contribution in [0.25, 0.3) is 0 Å². The summed E-state index contributed by atoms with van der Waals surface area (Å²) in [4.78, 5) is 33.2. The van der Waals surface area contributed by atoms with E-state index in [-0.39, 0.29) is 24.5 Å². The summed E-state index contributed by atoms with van der Waals surface area (Å²) in [7, 11) is 0. The molecule has 1 amide bonds. The summed E-state index contributed by atoms with van der Waals surface area (Å²) in [6, 6.07) is 9.39. The molecule has 0 N–H and O–H groups in total. The molecule has 0 atom stereocenters. The van der Waals surface area contributed by atoms with E-state index in [4.69, 9.17) is 4.74 Å². The zero-order valence-electron chi connectivity index (χ0n) is 16.6. The number of rotatable bonds is 7. The molecule has 1 aliphatic heterocycles. The van der Waals surface area contributed by atoms with E-state index in [1.165, 1.54) is 0 Å². The maximum Gasteiger partial charge on any atom is 0.223 e. The number of amides is 1. The number of benzene rings is 1. The molecule has 1 aliphatic rings. The predicted octanol–water partition coefficient (Wildman–Crippen LogP) is 3.10. The smallest absolute Gasteiger partial charge is 0.223 e. The van der Waals surface area contributed by atoms with Gasteiger partial charge >= 0.3 is 0 Å². The van der Waals surface area contributed by atoms with Crippen LogP contribution in [0.2, 0.25) is 0 Å². The molecule has 3 rings (SSSR count). The van der Waals surface area contributed by atoms with E-state index < -0.39 is 0 Å². The maximum absolute atomic E-state index is 12.5. The SMILES string of the molecule is CCOc1ccc(C(=O)CCC(=O)N2CCN(c3cccnc3)CC2)cc1C. The molecule has 1 aromatic carbocycles. The Balaban J connectivity index is 1.48. The first-order valence-corrected chi connectivity index (χ1v) is 9.78. The van der Waals surface area contributed by atoms with Crippen LogP contribution in [0.5, 0.6) is 5.75 Å². The largest absolute Gasteiger partial charge is 0.494 e. The number of hydrogen-bond acceptors (Lipinski definition) is 5. The zero-order valence-corrected chi connectivity index (χ0v) is 16.6. The molecule has 2 aromatic rings. The van der Waals surface area contributed by atoms with Crippen LogP contribution >= 0.6 is 0 Å². The summed E-state index contributed by atoms with van der Waals surface area (Å²) in [5.74, 6) is 0.831. The average molecular weight is 381 g/mol. The molecule has 0 saturated carbocycles. The summed E-state index contributed by atoms with van der Waals surface area (Å²) in [5, 5.41) is 0. The minimum atomic E-state index is -0.00602. The van der Waals surface area contributed by atoms with Gasteiger partial charge in [-0.3, -0.25) is 14.6 Å². The summed E-state index contributed by atoms with van der Waals surface area (Å²) >= 11 is 0. The molecule has 28 heavy (non-hydrogen) atoms. The van der Waals surface area contributed by atoms with E-state index >= 15 is 0 Å². The molecular weight excluding hydrogens is 354 g/mol. The minimum Gasteiger partial charge on any atom is -0.494 e. The Bertz CT molecular complexity index is 815. The first-order chi connectivity index (χ1) is 13.6. The molecule has 1 saturated heterocycles. The molecule has 0 radical (unpaired) electrons. The second-order valence-electron chi connectivity index (χ2n) is 6.92. The number of ether oxygens (including phenoxy) is 1. The first-order valence-electron chi connectivity index (χ1n) is 9.78. The van der Waals surface area contributed by atoms with E-state index in [9.17, 15) is 9.59 Å². The zero-order chi connectivity index (χ0) is 19.9. The number of hydrogen-bond donors (Lipinski definition) is 0. The molecule has 148 valence electrons. The van der Waals surface area contributed by atoms with E-state index in [1.54, 1.807) is 12.3 Å². The van der Waals surface area contributed by atoms with Crippen molar-refractivity contribution in [1.29, 1.82) is 0 Å². The van der Waals surface area contributed by atoms with Crippen molar-refractivity contribution in [3.63, 3.8) is 0 Å². The molecule has 6 nitrogen and oxygen atoms in total. The van der Waals surface area contributed by atoms with Crippen molar-refractivity contribution in [1.82, 2.24) is 9.88 Å². The first kappa shape index (κ1) is 19.9. The van der Waals surface area contributed by atoms with E-state index in [0.29, 0.717) is 25.3 Å². The Morgan fingerprint density at radius 1 is 1.11 bits per heavy atom. The van der Waals surface area contributed by atoms with Crippen molar-refractivity contribution in [2.75, 3.05) is 37.7 Å². The number of anilines is 1. The van der Waals surface area contributed by atoms with Crippen molar-refractivity contribution < 1.29 is 14.3 Å². The van der Waals surface area contributed by atoms with E-state index in [0.717, 1.165) is 30.1 Å². The number of nitrogens with zero attached hydrogens (tertiary/aromatic N) is 3. The number of pyridine rings is 1. The highest BCUT2D eigenvalue weighted by Crippen LogP contribution is 2.21. The van der Waals surface area contributed by atoms with Gasteiger partial charge in [0.15, 0.2) is 5.78 Å². The van der Waals surface area contributed by atoms with Gasteiger partial charge in [-0.05, 0) is 49.7 Å². The van der Waals surface area contributed by atoms with Crippen molar-refractivity contribution >= 4 is 17.4 Å². The predicted molar refractivity (Wildman–Crippen MR) is 109 cm³/mol. The van der Waals surface area contributed by atoms with E-state index in [1.807, 2.05) is 49.2 Å². The molecular formula is C22H27N3O3. The van der Waals surface area contributed by atoms with Gasteiger partial charge < -0.3 is 14.5 Å². The van der Waals surface area contributed by atoms with Gasteiger partial charge in [0.1, 0.15) is 5.75 Å². The third kappa shape index (κ3) is 4.88. The topological polar surface area (TPSA) is 62.7 Å². The summed E-state index contributed by atoms with van der Waals surface area (Å²) in [6.07, 6.45) is 4.08. The van der Waals surface area contributed by atoms with Gasteiger partial charge in [0.2, 0.25) is 5.91 Å². The van der Waals surface area contributed by atoms with Gasteiger partial charge in [0.25, 0.3) is 0 Å². The summed E-state index contributed by atoms with van der Waals surface area (Å²) < 4.78 is 5.51. The molecule has 0 spiro atoms. The third-order valence-electron chi connectivity index (χ3n) is 5.01. The minimum absolute atomic E-state index is 0.00602. The van der Waals surface area contributed by atoms with Gasteiger partial charge in [0.05, 0.1) is 18.5 Å². The Morgan fingerprint density at radius 3 is 2.54 bits per heavy atom. The molecule has 0 unspecified atom stereocenters. The number of aromatic nitrogens is 1. The van der Waals surface area contributed by atoms with Crippen LogP contribution in [0.15, 0.2) is 42.7 Å². The number of piperazine rings is 1. The molecule has 0 aliphatic carbocycles. The Hall–Kier alpha value is -2.89. The maximum atomic E-state index is 12.5. The Labute approximate surface area is 166 Å². The molecule has 2 heterocycles. The summed E-state index contributed by atoms with van der Waals surface area (Å²) in [6.45, 7) is 7.35. The second-order valence-corrected chi connectivity index (χ2v) is 6.92. The Morgan fingerprint density at radius 2 is 1.89 bits per heavy atom. The number of carbonyl (C=O) groups is 2. The lowest BCUT2D eigenvalue weighted by Gasteiger charge is -2.36. The van der Waals surface area contributed by atoms with Crippen LogP contribution < -0.4 is 9.64 Å². The van der Waals surface area contributed by atoms with Crippen LogP contribution in [0, 0.1) is 6.92 Å². The van der Waals surface area contributed by atoms with Crippen LogP contribution in [0.1, 0.15) is 35.7 Å².